The Bertz CT molecular complexity index is 927. The van der Waals surface area contributed by atoms with Crippen LogP contribution in [-0.4, -0.2) is 15.9 Å². The number of nitrogens with one attached hydrogen (secondary N) is 1. The minimum absolute atomic E-state index is 0.184. The van der Waals surface area contributed by atoms with Crippen LogP contribution in [0.5, 0.6) is 0 Å². The van der Waals surface area contributed by atoms with Crippen LogP contribution in [0.3, 0.4) is 0 Å². The zero-order valence-electron chi connectivity index (χ0n) is 14.3. The van der Waals surface area contributed by atoms with E-state index in [9.17, 15) is 9.18 Å². The normalized spacial score (nSPS) is 11.8. The van der Waals surface area contributed by atoms with Crippen LogP contribution in [0, 0.1) is 12.7 Å². The number of carbonyl (C=O) groups excluding carboxylic acids is 1. The molecule has 3 rings (SSSR count). The molecule has 0 radical (unpaired) electrons. The Balaban J connectivity index is 1.77. The van der Waals surface area contributed by atoms with Gasteiger partial charge < -0.3 is 5.32 Å². The average molecular weight is 370 g/mol. The molecule has 0 spiro atoms. The molecule has 1 aromatic heterocycles. The molecule has 4 nitrogen and oxygen atoms in total. The van der Waals surface area contributed by atoms with Gasteiger partial charge in [0.15, 0.2) is 5.82 Å². The van der Waals surface area contributed by atoms with Crippen molar-refractivity contribution in [3.63, 3.8) is 0 Å². The van der Waals surface area contributed by atoms with E-state index < -0.39 is 0 Å². The summed E-state index contributed by atoms with van der Waals surface area (Å²) in [6.45, 7) is 3.64. The number of halogens is 2. The summed E-state index contributed by atoms with van der Waals surface area (Å²) in [5, 5.41) is 3.57. The first-order valence-electron chi connectivity index (χ1n) is 8.10. The Kier molecular flexibility index (Phi) is 5.28. The molecule has 1 amide bonds. The third-order valence-corrected chi connectivity index (χ3v) is 4.30. The SMILES string of the molecule is Cc1nc(-c2ccc(F)cc2)ncc1C(=O)NC(C)c1ccc(Cl)cc1. The molecule has 0 aliphatic carbocycles. The summed E-state index contributed by atoms with van der Waals surface area (Å²) in [4.78, 5) is 21.2. The van der Waals surface area contributed by atoms with E-state index in [0.29, 0.717) is 27.7 Å². The topological polar surface area (TPSA) is 54.9 Å². The van der Waals surface area contributed by atoms with Crippen LogP contribution in [-0.2, 0) is 0 Å². The molecule has 3 aromatic rings. The molecule has 6 heteroatoms. The fraction of sp³-hybridized carbons (Fsp3) is 0.150. The molecule has 0 bridgehead atoms. The quantitative estimate of drug-likeness (QED) is 0.723. The van der Waals surface area contributed by atoms with Gasteiger partial charge >= 0.3 is 0 Å². The summed E-state index contributed by atoms with van der Waals surface area (Å²) in [5.74, 6) is -0.127. The summed E-state index contributed by atoms with van der Waals surface area (Å²) < 4.78 is 13.0. The largest absolute Gasteiger partial charge is 0.345 e. The molecular weight excluding hydrogens is 353 g/mol. The second-order valence-corrected chi connectivity index (χ2v) is 6.38. The summed E-state index contributed by atoms with van der Waals surface area (Å²) in [7, 11) is 0. The number of hydrogen-bond acceptors (Lipinski definition) is 3. The standard InChI is InChI=1S/C20H17ClFN3O/c1-12(14-3-7-16(21)8-4-14)25-20(26)18-11-23-19(24-13(18)2)15-5-9-17(22)10-6-15/h3-12H,1-2H3,(H,25,26). The zero-order chi connectivity index (χ0) is 18.7. The van der Waals surface area contributed by atoms with E-state index in [1.165, 1.54) is 18.3 Å². The first kappa shape index (κ1) is 18.0. The summed E-state index contributed by atoms with van der Waals surface area (Å²) >= 11 is 5.89. The predicted octanol–water partition coefficient (Wildman–Crippen LogP) is 4.74. The number of rotatable bonds is 4. The Hall–Kier alpha value is -2.79. The molecule has 26 heavy (non-hydrogen) atoms. The van der Waals surface area contributed by atoms with Gasteiger partial charge in [-0.1, -0.05) is 23.7 Å². The van der Waals surface area contributed by atoms with Crippen molar-refractivity contribution in [2.75, 3.05) is 0 Å². The van der Waals surface area contributed by atoms with Crippen molar-refractivity contribution >= 4 is 17.5 Å². The van der Waals surface area contributed by atoms with Gasteiger partial charge in [0.25, 0.3) is 5.91 Å². The number of aryl methyl sites for hydroxylation is 1. The van der Waals surface area contributed by atoms with Crippen LogP contribution in [0.2, 0.25) is 5.02 Å². The molecule has 2 aromatic carbocycles. The second kappa shape index (κ2) is 7.62. The van der Waals surface area contributed by atoms with Crippen LogP contribution < -0.4 is 5.32 Å². The van der Waals surface area contributed by atoms with E-state index in [4.69, 9.17) is 11.6 Å². The lowest BCUT2D eigenvalue weighted by molar-refractivity contribution is 0.0938. The highest BCUT2D eigenvalue weighted by Crippen LogP contribution is 2.19. The van der Waals surface area contributed by atoms with E-state index in [1.54, 1.807) is 31.2 Å². The van der Waals surface area contributed by atoms with Gasteiger partial charge in [0.1, 0.15) is 5.82 Å². The molecular formula is C20H17ClFN3O. The fourth-order valence-electron chi connectivity index (χ4n) is 2.54. The molecule has 0 fully saturated rings. The van der Waals surface area contributed by atoms with Gasteiger partial charge in [-0.15, -0.1) is 0 Å². The third-order valence-electron chi connectivity index (χ3n) is 4.04. The molecule has 1 heterocycles. The molecule has 1 atom stereocenters. The van der Waals surface area contributed by atoms with Gasteiger partial charge in [-0.25, -0.2) is 14.4 Å². The van der Waals surface area contributed by atoms with E-state index >= 15 is 0 Å². The average Bonchev–Trinajstić information content (AvgIpc) is 2.62. The third kappa shape index (κ3) is 4.06. The monoisotopic (exact) mass is 369 g/mol. The van der Waals surface area contributed by atoms with Crippen molar-refractivity contribution in [2.24, 2.45) is 0 Å². The number of benzene rings is 2. The smallest absolute Gasteiger partial charge is 0.255 e. The minimum Gasteiger partial charge on any atom is -0.345 e. The van der Waals surface area contributed by atoms with E-state index in [2.05, 4.69) is 15.3 Å². The van der Waals surface area contributed by atoms with E-state index in [1.807, 2.05) is 19.1 Å². The van der Waals surface area contributed by atoms with Gasteiger partial charge in [-0.2, -0.15) is 0 Å². The highest BCUT2D eigenvalue weighted by atomic mass is 35.5. The van der Waals surface area contributed by atoms with Crippen LogP contribution >= 0.6 is 11.6 Å². The molecule has 1 N–H and O–H groups in total. The predicted molar refractivity (Wildman–Crippen MR) is 99.5 cm³/mol. The number of amides is 1. The first-order valence-corrected chi connectivity index (χ1v) is 8.48. The Morgan fingerprint density at radius 3 is 2.38 bits per heavy atom. The lowest BCUT2D eigenvalue weighted by Crippen LogP contribution is -2.27. The Morgan fingerprint density at radius 1 is 1.12 bits per heavy atom. The van der Waals surface area contributed by atoms with Crippen molar-refractivity contribution in [1.82, 2.24) is 15.3 Å². The van der Waals surface area contributed by atoms with Crippen LogP contribution in [0.15, 0.2) is 54.7 Å². The molecule has 1 unspecified atom stereocenters. The van der Waals surface area contributed by atoms with Gasteiger partial charge in [-0.05, 0) is 55.8 Å². The minimum atomic E-state index is -0.322. The van der Waals surface area contributed by atoms with Gasteiger partial charge in [0.2, 0.25) is 0 Å². The molecule has 0 aliphatic rings. The van der Waals surface area contributed by atoms with Crippen molar-refractivity contribution in [3.8, 4) is 11.4 Å². The summed E-state index contributed by atoms with van der Waals surface area (Å²) in [6, 6.07) is 13.0. The number of nitrogens with zero attached hydrogens (tertiary/aromatic N) is 2. The van der Waals surface area contributed by atoms with Gasteiger partial charge in [0.05, 0.1) is 17.3 Å². The molecule has 0 saturated carbocycles. The highest BCUT2D eigenvalue weighted by Gasteiger charge is 2.16. The molecule has 0 saturated heterocycles. The van der Waals surface area contributed by atoms with Crippen molar-refractivity contribution in [1.29, 1.82) is 0 Å². The van der Waals surface area contributed by atoms with Gasteiger partial charge in [-0.3, -0.25) is 4.79 Å². The molecule has 0 aliphatic heterocycles. The number of hydrogen-bond donors (Lipinski definition) is 1. The Morgan fingerprint density at radius 2 is 1.77 bits per heavy atom. The number of carbonyl (C=O) groups is 1. The summed E-state index contributed by atoms with van der Waals surface area (Å²) in [5.41, 5.74) is 2.59. The lowest BCUT2D eigenvalue weighted by Gasteiger charge is -2.15. The van der Waals surface area contributed by atoms with Crippen LogP contribution in [0.1, 0.15) is 34.6 Å². The maximum atomic E-state index is 13.0. The Labute approximate surface area is 156 Å². The van der Waals surface area contributed by atoms with Crippen LogP contribution in [0.4, 0.5) is 4.39 Å². The maximum absolute atomic E-state index is 13.0. The summed E-state index contributed by atoms with van der Waals surface area (Å²) in [6.07, 6.45) is 1.49. The van der Waals surface area contributed by atoms with Crippen molar-refractivity contribution in [2.45, 2.75) is 19.9 Å². The van der Waals surface area contributed by atoms with Crippen LogP contribution in [0.25, 0.3) is 11.4 Å². The fourth-order valence-corrected chi connectivity index (χ4v) is 2.66. The molecule has 132 valence electrons. The highest BCUT2D eigenvalue weighted by molar-refractivity contribution is 6.30. The second-order valence-electron chi connectivity index (χ2n) is 5.95. The van der Waals surface area contributed by atoms with E-state index in [0.717, 1.165) is 5.56 Å². The first-order chi connectivity index (χ1) is 12.4. The van der Waals surface area contributed by atoms with Gasteiger partial charge in [0, 0.05) is 16.8 Å². The number of aromatic nitrogens is 2. The lowest BCUT2D eigenvalue weighted by atomic mass is 10.1. The maximum Gasteiger partial charge on any atom is 0.255 e. The van der Waals surface area contributed by atoms with E-state index in [-0.39, 0.29) is 17.8 Å². The van der Waals surface area contributed by atoms with Crippen molar-refractivity contribution < 1.29 is 9.18 Å². The zero-order valence-corrected chi connectivity index (χ0v) is 15.1. The van der Waals surface area contributed by atoms with Crippen molar-refractivity contribution in [3.05, 3.63) is 82.4 Å².